The summed E-state index contributed by atoms with van der Waals surface area (Å²) in [5.41, 5.74) is -0.590. The van der Waals surface area contributed by atoms with E-state index in [1.54, 1.807) is 19.0 Å². The quantitative estimate of drug-likeness (QED) is 0.854. The topological polar surface area (TPSA) is 45.2 Å². The minimum absolute atomic E-state index is 0.0455. The first-order valence-electron chi connectivity index (χ1n) is 6.50. The number of alkyl halides is 3. The third-order valence-corrected chi connectivity index (χ3v) is 3.14. The van der Waals surface area contributed by atoms with Crippen molar-refractivity contribution in [2.75, 3.05) is 24.3 Å². The highest BCUT2D eigenvalue weighted by molar-refractivity contribution is 6.30. The summed E-state index contributed by atoms with van der Waals surface area (Å²) in [5, 5.41) is 2.54. The Morgan fingerprint density at radius 1 is 1.22 bits per heavy atom. The van der Waals surface area contributed by atoms with Crippen LogP contribution in [0.5, 0.6) is 0 Å². The molecule has 0 fully saturated rings. The van der Waals surface area contributed by atoms with E-state index < -0.39 is 17.6 Å². The predicted octanol–water partition coefficient (Wildman–Crippen LogP) is 4.07. The number of pyridine rings is 1. The van der Waals surface area contributed by atoms with Gasteiger partial charge in [0.05, 0.1) is 5.56 Å². The van der Waals surface area contributed by atoms with Gasteiger partial charge in [-0.25, -0.2) is 4.98 Å². The van der Waals surface area contributed by atoms with E-state index in [-0.39, 0.29) is 16.4 Å². The molecule has 0 unspecified atom stereocenters. The van der Waals surface area contributed by atoms with Gasteiger partial charge in [-0.15, -0.1) is 0 Å². The van der Waals surface area contributed by atoms with E-state index in [1.807, 2.05) is 0 Å². The van der Waals surface area contributed by atoms with Crippen LogP contribution >= 0.6 is 11.6 Å². The fourth-order valence-electron chi connectivity index (χ4n) is 1.82. The molecule has 0 saturated carbocycles. The van der Waals surface area contributed by atoms with Gasteiger partial charge < -0.3 is 10.2 Å². The Bertz CT molecular complexity index is 732. The zero-order chi connectivity index (χ0) is 17.2. The number of hydrogen-bond donors (Lipinski definition) is 1. The lowest BCUT2D eigenvalue weighted by atomic mass is 10.2. The predicted molar refractivity (Wildman–Crippen MR) is 83.0 cm³/mol. The van der Waals surface area contributed by atoms with E-state index in [0.29, 0.717) is 5.82 Å². The fraction of sp³-hybridized carbons (Fsp3) is 0.200. The largest absolute Gasteiger partial charge is 0.416 e. The monoisotopic (exact) mass is 343 g/mol. The van der Waals surface area contributed by atoms with Gasteiger partial charge in [-0.05, 0) is 30.3 Å². The molecule has 2 rings (SSSR count). The number of amides is 1. The molecular formula is C15H13ClF3N3O. The first-order chi connectivity index (χ1) is 10.7. The summed E-state index contributed by atoms with van der Waals surface area (Å²) in [6.45, 7) is 0. The molecule has 1 N–H and O–H groups in total. The average Bonchev–Trinajstić information content (AvgIpc) is 2.46. The van der Waals surface area contributed by atoms with Gasteiger partial charge in [0, 0.05) is 25.3 Å². The second kappa shape index (κ2) is 6.45. The molecule has 2 aromatic rings. The van der Waals surface area contributed by atoms with Crippen LogP contribution in [0.2, 0.25) is 5.15 Å². The molecule has 1 aromatic heterocycles. The summed E-state index contributed by atoms with van der Waals surface area (Å²) >= 11 is 5.86. The molecule has 8 heteroatoms. The lowest BCUT2D eigenvalue weighted by Gasteiger charge is -2.13. The molecule has 122 valence electrons. The maximum Gasteiger partial charge on any atom is 0.416 e. The number of aromatic nitrogens is 1. The van der Waals surface area contributed by atoms with Crippen molar-refractivity contribution in [3.8, 4) is 0 Å². The molecule has 0 radical (unpaired) electrons. The van der Waals surface area contributed by atoms with Crippen molar-refractivity contribution < 1.29 is 18.0 Å². The molecule has 0 saturated heterocycles. The maximum atomic E-state index is 12.7. The summed E-state index contributed by atoms with van der Waals surface area (Å²) in [4.78, 5) is 17.9. The van der Waals surface area contributed by atoms with Crippen LogP contribution < -0.4 is 10.2 Å². The SMILES string of the molecule is CN(C)c1cc(C(=O)Nc2cccc(C(F)(F)F)c2)cc(Cl)n1. The van der Waals surface area contributed by atoms with Crippen LogP contribution in [-0.4, -0.2) is 25.0 Å². The number of carbonyl (C=O) groups is 1. The van der Waals surface area contributed by atoms with Crippen molar-refractivity contribution in [2.24, 2.45) is 0 Å². The van der Waals surface area contributed by atoms with E-state index in [1.165, 1.54) is 24.3 Å². The Hall–Kier alpha value is -2.28. The summed E-state index contributed by atoms with van der Waals surface area (Å²) < 4.78 is 38.0. The fourth-order valence-corrected chi connectivity index (χ4v) is 2.02. The molecule has 23 heavy (non-hydrogen) atoms. The Morgan fingerprint density at radius 3 is 2.52 bits per heavy atom. The Labute approximate surface area is 135 Å². The van der Waals surface area contributed by atoms with E-state index in [9.17, 15) is 18.0 Å². The molecule has 0 aliphatic rings. The van der Waals surface area contributed by atoms with E-state index in [2.05, 4.69) is 10.3 Å². The van der Waals surface area contributed by atoms with Gasteiger partial charge in [-0.2, -0.15) is 13.2 Å². The highest BCUT2D eigenvalue weighted by atomic mass is 35.5. The standard InChI is InChI=1S/C15H13ClF3N3O/c1-22(2)13-7-9(6-12(16)21-13)14(23)20-11-5-3-4-10(8-11)15(17,18)19/h3-8H,1-2H3,(H,20,23). The Balaban J connectivity index is 2.26. The molecule has 4 nitrogen and oxygen atoms in total. The third kappa shape index (κ3) is 4.35. The van der Waals surface area contributed by atoms with Crippen molar-refractivity contribution in [1.82, 2.24) is 4.98 Å². The van der Waals surface area contributed by atoms with E-state index in [0.717, 1.165) is 12.1 Å². The highest BCUT2D eigenvalue weighted by Gasteiger charge is 2.30. The molecule has 0 aliphatic heterocycles. The van der Waals surface area contributed by atoms with Crippen molar-refractivity contribution >= 4 is 29.0 Å². The Kier molecular flexibility index (Phi) is 4.79. The van der Waals surface area contributed by atoms with Gasteiger partial charge in [-0.1, -0.05) is 17.7 Å². The smallest absolute Gasteiger partial charge is 0.363 e. The third-order valence-electron chi connectivity index (χ3n) is 2.95. The molecule has 1 heterocycles. The second-order valence-corrected chi connectivity index (χ2v) is 5.35. The maximum absolute atomic E-state index is 12.7. The van der Waals surface area contributed by atoms with Crippen LogP contribution in [0.3, 0.4) is 0 Å². The lowest BCUT2D eigenvalue weighted by Crippen LogP contribution is -2.16. The van der Waals surface area contributed by atoms with Crippen molar-refractivity contribution in [3.63, 3.8) is 0 Å². The zero-order valence-electron chi connectivity index (χ0n) is 12.3. The zero-order valence-corrected chi connectivity index (χ0v) is 13.0. The van der Waals surface area contributed by atoms with E-state index >= 15 is 0 Å². The first kappa shape index (κ1) is 17.1. The Morgan fingerprint density at radius 2 is 1.91 bits per heavy atom. The molecule has 0 atom stereocenters. The van der Waals surface area contributed by atoms with Crippen LogP contribution in [0.1, 0.15) is 15.9 Å². The minimum Gasteiger partial charge on any atom is -0.363 e. The summed E-state index contributed by atoms with van der Waals surface area (Å²) in [6.07, 6.45) is -4.47. The van der Waals surface area contributed by atoms with Gasteiger partial charge in [0.2, 0.25) is 0 Å². The summed E-state index contributed by atoms with van der Waals surface area (Å²) in [5.74, 6) is -0.108. The second-order valence-electron chi connectivity index (χ2n) is 4.96. The van der Waals surface area contributed by atoms with Crippen molar-refractivity contribution in [3.05, 3.63) is 52.7 Å². The summed E-state index contributed by atoms with van der Waals surface area (Å²) in [6, 6.07) is 7.25. The van der Waals surface area contributed by atoms with E-state index in [4.69, 9.17) is 11.6 Å². The lowest BCUT2D eigenvalue weighted by molar-refractivity contribution is -0.137. The molecule has 0 spiro atoms. The number of rotatable bonds is 3. The van der Waals surface area contributed by atoms with Crippen molar-refractivity contribution in [2.45, 2.75) is 6.18 Å². The number of nitrogens with one attached hydrogen (secondary N) is 1. The van der Waals surface area contributed by atoms with Crippen LogP contribution in [0.15, 0.2) is 36.4 Å². The molecule has 0 bridgehead atoms. The highest BCUT2D eigenvalue weighted by Crippen LogP contribution is 2.30. The number of anilines is 2. The normalized spacial score (nSPS) is 11.2. The van der Waals surface area contributed by atoms with Gasteiger partial charge in [-0.3, -0.25) is 4.79 Å². The number of nitrogens with zero attached hydrogens (tertiary/aromatic N) is 2. The number of carbonyl (C=O) groups excluding carboxylic acids is 1. The molecular weight excluding hydrogens is 331 g/mol. The minimum atomic E-state index is -4.47. The number of benzene rings is 1. The van der Waals surface area contributed by atoms with Gasteiger partial charge in [0.15, 0.2) is 0 Å². The molecule has 0 aliphatic carbocycles. The van der Waals surface area contributed by atoms with Crippen LogP contribution in [0.4, 0.5) is 24.7 Å². The van der Waals surface area contributed by atoms with Crippen molar-refractivity contribution in [1.29, 1.82) is 0 Å². The van der Waals surface area contributed by atoms with Gasteiger partial charge >= 0.3 is 6.18 Å². The number of hydrogen-bond acceptors (Lipinski definition) is 3. The summed E-state index contributed by atoms with van der Waals surface area (Å²) in [7, 11) is 3.46. The number of halogens is 4. The average molecular weight is 344 g/mol. The van der Waals surface area contributed by atoms with Crippen LogP contribution in [-0.2, 0) is 6.18 Å². The molecule has 1 amide bonds. The first-order valence-corrected chi connectivity index (χ1v) is 6.88. The van der Waals surface area contributed by atoms with Crippen LogP contribution in [0.25, 0.3) is 0 Å². The van der Waals surface area contributed by atoms with Gasteiger partial charge in [0.1, 0.15) is 11.0 Å². The van der Waals surface area contributed by atoms with Crippen LogP contribution in [0, 0.1) is 0 Å². The molecule has 1 aromatic carbocycles. The van der Waals surface area contributed by atoms with Gasteiger partial charge in [0.25, 0.3) is 5.91 Å².